The first-order valence-electron chi connectivity index (χ1n) is 33.8. The van der Waals surface area contributed by atoms with Crippen molar-refractivity contribution in [1.82, 2.24) is 0 Å². The van der Waals surface area contributed by atoms with Crippen molar-refractivity contribution in [2.45, 2.75) is 144 Å². The average Bonchev–Trinajstić information content (AvgIpc) is 0.702. The lowest BCUT2D eigenvalue weighted by atomic mass is 9.60. The minimum absolute atomic E-state index is 0.0336. The lowest BCUT2D eigenvalue weighted by molar-refractivity contribution is -0.362. The molecule has 1 amide bonds. The normalized spacial score (nSPS) is 23.9. The van der Waals surface area contributed by atoms with Crippen LogP contribution in [-0.4, -0.2) is 100 Å². The average molecular weight is 1340 g/mol. The molecule has 15 nitrogen and oxygen atoms in total. The number of ketones is 1. The van der Waals surface area contributed by atoms with Gasteiger partial charge in [0, 0.05) is 18.5 Å². The number of para-hydroxylation sites is 1. The van der Waals surface area contributed by atoms with E-state index in [1.165, 1.54) is 0 Å². The van der Waals surface area contributed by atoms with Crippen molar-refractivity contribution in [3.05, 3.63) is 311 Å². The monoisotopic (exact) mass is 1340 g/mol. The Balaban J connectivity index is 0.891. The Morgan fingerprint density at radius 2 is 0.724 bits per heavy atom. The van der Waals surface area contributed by atoms with E-state index in [0.717, 1.165) is 50.2 Å². The lowest BCUT2D eigenvalue weighted by Gasteiger charge is -2.57. The molecule has 11 atom stereocenters. The van der Waals surface area contributed by atoms with Gasteiger partial charge in [-0.05, 0) is 81.6 Å². The Morgan fingerprint density at radius 1 is 0.378 bits per heavy atom. The third-order valence-electron chi connectivity index (χ3n) is 18.9. The molecule has 1 spiro atoms. The third-order valence-corrected chi connectivity index (χ3v) is 20.7. The van der Waals surface area contributed by atoms with E-state index in [9.17, 15) is 9.59 Å². The summed E-state index contributed by atoms with van der Waals surface area (Å²) in [6.45, 7) is 1.09. The van der Waals surface area contributed by atoms with Gasteiger partial charge in [0.15, 0.2) is 16.1 Å². The highest BCUT2D eigenvalue weighted by atomic mass is 32.2. The zero-order valence-corrected chi connectivity index (χ0v) is 55.5. The third kappa shape index (κ3) is 16.9. The first-order valence-corrected chi connectivity index (χ1v) is 35.5. The van der Waals surface area contributed by atoms with Gasteiger partial charge in [-0.15, -0.1) is 0 Å². The predicted molar refractivity (Wildman–Crippen MR) is 371 cm³/mol. The van der Waals surface area contributed by atoms with Crippen LogP contribution in [-0.2, 0) is 113 Å². The molecule has 3 heterocycles. The first-order chi connectivity index (χ1) is 48.1. The van der Waals surface area contributed by atoms with Gasteiger partial charge in [0.1, 0.15) is 60.7 Å². The molecule has 3 aliphatic heterocycles. The number of carbonyl (C=O) groups excluding carboxylic acids is 2. The van der Waals surface area contributed by atoms with Crippen molar-refractivity contribution in [1.29, 1.82) is 0 Å². The molecule has 16 heteroatoms. The molecule has 4 fully saturated rings. The number of ether oxygens (including phenoxy) is 10. The molecule has 0 bridgehead atoms. The van der Waals surface area contributed by atoms with E-state index in [1.54, 1.807) is 29.2 Å². The zero-order chi connectivity index (χ0) is 66.9. The Kier molecular flexibility index (Phi) is 23.0. The summed E-state index contributed by atoms with van der Waals surface area (Å²) < 4.78 is 103. The van der Waals surface area contributed by atoms with Crippen LogP contribution in [0.4, 0.5) is 5.69 Å². The first kappa shape index (κ1) is 68.2. The van der Waals surface area contributed by atoms with Crippen molar-refractivity contribution in [3.8, 4) is 0 Å². The zero-order valence-electron chi connectivity index (χ0n) is 54.7. The van der Waals surface area contributed by atoms with Gasteiger partial charge in [-0.3, -0.25) is 9.59 Å². The van der Waals surface area contributed by atoms with Crippen LogP contribution < -0.4 is 4.90 Å². The van der Waals surface area contributed by atoms with E-state index < -0.39 is 88.3 Å². The number of rotatable bonds is 30. The summed E-state index contributed by atoms with van der Waals surface area (Å²) in [4.78, 5) is 28.8. The molecular weight excluding hydrogens is 1250 g/mol. The number of hydrogen-bond donors (Lipinski definition) is 0. The molecule has 0 N–H and O–H groups in total. The number of hydrogen-bond acceptors (Lipinski definition) is 14. The van der Waals surface area contributed by atoms with E-state index >= 15 is 8.42 Å². The molecule has 9 aromatic rings. The van der Waals surface area contributed by atoms with Crippen molar-refractivity contribution in [3.63, 3.8) is 0 Å². The summed E-state index contributed by atoms with van der Waals surface area (Å²) in [5, 5.41) is 0. The van der Waals surface area contributed by atoms with Gasteiger partial charge in [0.25, 0.3) is 0 Å². The summed E-state index contributed by atoms with van der Waals surface area (Å²) in [7, 11) is -4.25. The molecule has 4 aliphatic rings. The number of amides is 1. The topological polar surface area (TPSA) is 164 Å². The number of sulfone groups is 1. The maximum absolute atomic E-state index is 15.5. The van der Waals surface area contributed by atoms with Gasteiger partial charge in [0.2, 0.25) is 5.91 Å². The molecule has 3 saturated heterocycles. The van der Waals surface area contributed by atoms with Crippen LogP contribution in [0.2, 0.25) is 0 Å². The minimum atomic E-state index is -4.25. The van der Waals surface area contributed by atoms with Crippen molar-refractivity contribution in [2.75, 3.05) is 23.9 Å². The van der Waals surface area contributed by atoms with Crippen molar-refractivity contribution < 1.29 is 65.4 Å². The molecule has 9 aromatic carbocycles. The fourth-order valence-corrected chi connectivity index (χ4v) is 15.3. The second kappa shape index (κ2) is 33.0. The summed E-state index contributed by atoms with van der Waals surface area (Å²) in [5.41, 5.74) is 7.04. The molecule has 13 rings (SSSR count). The fourth-order valence-electron chi connectivity index (χ4n) is 13.8. The molecule has 1 saturated carbocycles. The van der Waals surface area contributed by atoms with Crippen LogP contribution in [0.5, 0.6) is 0 Å². The molecule has 1 aliphatic carbocycles. The van der Waals surface area contributed by atoms with Crippen molar-refractivity contribution in [2.24, 2.45) is 5.41 Å². The highest BCUT2D eigenvalue weighted by molar-refractivity contribution is 7.91. The quantitative estimate of drug-likeness (QED) is 0.0391. The Labute approximate surface area is 574 Å². The molecular formula is C82H83NO14S. The van der Waals surface area contributed by atoms with Gasteiger partial charge in [0.05, 0.1) is 81.6 Å². The fraction of sp³-hybridized carbons (Fsp3) is 0.317. The van der Waals surface area contributed by atoms with Crippen LogP contribution >= 0.6 is 0 Å². The minimum Gasteiger partial charge on any atom is -0.374 e. The van der Waals surface area contributed by atoms with Crippen LogP contribution in [0.1, 0.15) is 76.2 Å². The number of nitrogens with zero attached hydrogens (tertiary/aromatic N) is 1. The van der Waals surface area contributed by atoms with Crippen LogP contribution in [0.15, 0.2) is 272 Å². The number of carbonyl (C=O) groups is 2. The molecule has 0 radical (unpaired) electrons. The maximum Gasteiger partial charge on any atom is 0.236 e. The van der Waals surface area contributed by atoms with E-state index in [0.29, 0.717) is 25.7 Å². The van der Waals surface area contributed by atoms with Crippen molar-refractivity contribution >= 4 is 27.2 Å². The molecule has 0 aromatic heterocycles. The van der Waals surface area contributed by atoms with E-state index in [2.05, 4.69) is 0 Å². The standard InChI is InChI=1S/C82H83NO14S/c84-68-45-47-82(48-46-68)79(83(81(82)85)67-39-23-8-24-40-67)66-41-43-69(44-42-66)98(86,87)58-72-74(91-52-62-31-15-4-16-32-62)76(92-53-63-33-17-5-18-34-63)75(71(95-72)57-89-50-60-27-11-2-12-28-60)97-80-78(94-55-65-37-21-7-22-38-65)77(93-54-64-35-19-6-20-36-64)73(90-51-61-29-13-3-14-30-61)70(96-80)56-88-49-59-25-9-1-10-26-59/h1-44,70-80H,45-58H2/t70?,71?,72-,73+,74?,75+,76-,77+,78?,79+,80-/m0/s1. The number of benzene rings is 9. The molecule has 506 valence electrons. The Bertz CT molecular complexity index is 4030. The molecule has 98 heavy (non-hydrogen) atoms. The summed E-state index contributed by atoms with van der Waals surface area (Å²) in [5.74, 6) is -0.436. The van der Waals surface area contributed by atoms with Gasteiger partial charge in [-0.2, -0.15) is 0 Å². The maximum atomic E-state index is 15.5. The van der Waals surface area contributed by atoms with Crippen LogP contribution in [0, 0.1) is 5.41 Å². The smallest absolute Gasteiger partial charge is 0.236 e. The second-order valence-corrected chi connectivity index (χ2v) is 27.7. The van der Waals surface area contributed by atoms with E-state index in [-0.39, 0.29) is 76.0 Å². The van der Waals surface area contributed by atoms with Gasteiger partial charge >= 0.3 is 0 Å². The highest BCUT2D eigenvalue weighted by Crippen LogP contribution is 2.59. The van der Waals surface area contributed by atoms with Gasteiger partial charge < -0.3 is 52.3 Å². The lowest BCUT2D eigenvalue weighted by Crippen LogP contribution is -2.66. The molecule has 4 unspecified atom stereocenters. The highest BCUT2D eigenvalue weighted by Gasteiger charge is 2.62. The van der Waals surface area contributed by atoms with E-state index in [4.69, 9.17) is 47.4 Å². The van der Waals surface area contributed by atoms with Crippen LogP contribution in [0.25, 0.3) is 0 Å². The summed E-state index contributed by atoms with van der Waals surface area (Å²) >= 11 is 0. The largest absolute Gasteiger partial charge is 0.374 e. The number of Topliss-reactive ketones (excluding diaryl/α,β-unsaturated/α-hetero) is 1. The summed E-state index contributed by atoms with van der Waals surface area (Å²) in [6.07, 6.45) is -8.88. The van der Waals surface area contributed by atoms with Gasteiger partial charge in [-0.25, -0.2) is 8.42 Å². The SMILES string of the molecule is O=C1CCC2(CC1)C(=O)N(c1ccccc1)[C@@H]2c1ccc(S(=O)(=O)C[C@@H]2OC(COCc3ccccc3)[C@@H](O[C@@H]3OC(COCc4ccccc4)[C@@H](OCc4ccccc4)[C@@H](OCc4ccccc4)C3OCc3ccccc3)[C@@H](OCc3ccccc3)C2OCc2ccccc2)cc1. The van der Waals surface area contributed by atoms with E-state index in [1.807, 2.05) is 243 Å². The summed E-state index contributed by atoms with van der Waals surface area (Å²) in [6, 6.07) is 84.8. The second-order valence-electron chi connectivity index (χ2n) is 25.6. The predicted octanol–water partition coefficient (Wildman–Crippen LogP) is 13.9. The Morgan fingerprint density at radius 3 is 1.14 bits per heavy atom. The number of anilines is 1. The Hall–Kier alpha value is -8.33. The number of β-lactam (4-membered cyclic amide) rings is 1. The van der Waals surface area contributed by atoms with Crippen LogP contribution in [0.3, 0.4) is 0 Å². The van der Waals surface area contributed by atoms with Gasteiger partial charge in [-0.1, -0.05) is 243 Å².